The molecular weight excluding hydrogens is 276 g/mol. The lowest BCUT2D eigenvalue weighted by Crippen LogP contribution is -2.32. The molecule has 0 saturated carbocycles. The van der Waals surface area contributed by atoms with Crippen LogP contribution in [0.2, 0.25) is 0 Å². The van der Waals surface area contributed by atoms with Crippen LogP contribution in [-0.4, -0.2) is 12.6 Å². The van der Waals surface area contributed by atoms with E-state index in [1.165, 1.54) is 16.8 Å². The van der Waals surface area contributed by atoms with Crippen LogP contribution in [0.25, 0.3) is 0 Å². The Morgan fingerprint density at radius 2 is 2.12 bits per heavy atom. The van der Waals surface area contributed by atoms with Crippen molar-refractivity contribution in [1.29, 1.82) is 5.26 Å². The van der Waals surface area contributed by atoms with Crippen LogP contribution >= 0.6 is 15.9 Å². The van der Waals surface area contributed by atoms with Crippen LogP contribution in [0, 0.1) is 18.3 Å². The Balaban J connectivity index is 3.05. The highest BCUT2D eigenvalue weighted by molar-refractivity contribution is 9.08. The molecule has 0 fully saturated rings. The van der Waals surface area contributed by atoms with Gasteiger partial charge in [0.05, 0.1) is 12.5 Å². The fourth-order valence-corrected chi connectivity index (χ4v) is 2.38. The van der Waals surface area contributed by atoms with Gasteiger partial charge < -0.3 is 4.90 Å². The number of hydrogen-bond acceptors (Lipinski definition) is 2. The van der Waals surface area contributed by atoms with Gasteiger partial charge in [-0.3, -0.25) is 0 Å². The molecule has 1 aromatic rings. The molecule has 17 heavy (non-hydrogen) atoms. The molecule has 2 nitrogen and oxygen atoms in total. The third kappa shape index (κ3) is 3.74. The Morgan fingerprint density at radius 1 is 1.41 bits per heavy atom. The predicted molar refractivity (Wildman–Crippen MR) is 76.5 cm³/mol. The topological polar surface area (TPSA) is 27.0 Å². The first-order valence-electron chi connectivity index (χ1n) is 5.89. The zero-order valence-electron chi connectivity index (χ0n) is 10.7. The van der Waals surface area contributed by atoms with Crippen LogP contribution < -0.4 is 4.90 Å². The molecule has 0 N–H and O–H groups in total. The molecule has 0 heterocycles. The fraction of sp³-hybridized carbons (Fsp3) is 0.500. The average Bonchev–Trinajstić information content (AvgIpc) is 2.30. The third-order valence-corrected chi connectivity index (χ3v) is 3.38. The summed E-state index contributed by atoms with van der Waals surface area (Å²) in [4.78, 5) is 2.29. The minimum atomic E-state index is 0.406. The number of aryl methyl sites for hydroxylation is 1. The zero-order chi connectivity index (χ0) is 12.8. The number of halogens is 1. The normalized spacial score (nSPS) is 10.4. The highest BCUT2D eigenvalue weighted by atomic mass is 79.9. The maximum absolute atomic E-state index is 8.73. The summed E-state index contributed by atoms with van der Waals surface area (Å²) in [6, 6.07) is 9.11. The Kier molecular flexibility index (Phi) is 5.50. The minimum absolute atomic E-state index is 0.406. The molecule has 0 amide bonds. The second kappa shape index (κ2) is 6.66. The maximum Gasteiger partial charge on any atom is 0.0640 e. The molecular formula is C14H19BrN2. The van der Waals surface area contributed by atoms with Crippen molar-refractivity contribution in [2.75, 3.05) is 11.4 Å². The summed E-state index contributed by atoms with van der Waals surface area (Å²) in [6.45, 7) is 7.21. The number of hydrogen-bond donors (Lipinski definition) is 0. The van der Waals surface area contributed by atoms with Crippen molar-refractivity contribution in [2.24, 2.45) is 0 Å². The molecule has 0 saturated heterocycles. The second-order valence-corrected chi connectivity index (χ2v) is 5.02. The fourth-order valence-electron chi connectivity index (χ4n) is 1.93. The van der Waals surface area contributed by atoms with Crippen molar-refractivity contribution >= 4 is 21.6 Å². The molecule has 0 aliphatic rings. The van der Waals surface area contributed by atoms with Gasteiger partial charge in [-0.1, -0.05) is 33.6 Å². The highest BCUT2D eigenvalue weighted by Crippen LogP contribution is 2.26. The van der Waals surface area contributed by atoms with Crippen LogP contribution in [0.3, 0.4) is 0 Å². The first-order chi connectivity index (χ1) is 8.10. The van der Waals surface area contributed by atoms with Gasteiger partial charge >= 0.3 is 0 Å². The van der Waals surface area contributed by atoms with Gasteiger partial charge in [0.15, 0.2) is 0 Å². The largest absolute Gasteiger partial charge is 0.368 e. The lowest BCUT2D eigenvalue weighted by molar-refractivity contribution is 0.684. The second-order valence-electron chi connectivity index (χ2n) is 4.46. The van der Waals surface area contributed by atoms with Gasteiger partial charge in [-0.15, -0.1) is 0 Å². The first-order valence-corrected chi connectivity index (χ1v) is 7.01. The average molecular weight is 295 g/mol. The van der Waals surface area contributed by atoms with Crippen molar-refractivity contribution in [3.8, 4) is 6.07 Å². The van der Waals surface area contributed by atoms with Gasteiger partial charge in [-0.25, -0.2) is 0 Å². The summed E-state index contributed by atoms with van der Waals surface area (Å²) in [5.41, 5.74) is 3.79. The first kappa shape index (κ1) is 14.1. The number of rotatable bonds is 5. The Hall–Kier alpha value is -1.01. The number of alkyl halides is 1. The quantitative estimate of drug-likeness (QED) is 0.767. The number of nitrogens with zero attached hydrogens (tertiary/aromatic N) is 2. The van der Waals surface area contributed by atoms with Crippen molar-refractivity contribution in [3.63, 3.8) is 0 Å². The van der Waals surface area contributed by atoms with Gasteiger partial charge in [-0.2, -0.15) is 5.26 Å². The van der Waals surface area contributed by atoms with Gasteiger partial charge in [0.1, 0.15) is 0 Å². The summed E-state index contributed by atoms with van der Waals surface area (Å²) in [7, 11) is 0. The Bertz CT molecular complexity index is 407. The molecule has 0 spiro atoms. The smallest absolute Gasteiger partial charge is 0.0640 e. The van der Waals surface area contributed by atoms with E-state index in [9.17, 15) is 0 Å². The van der Waals surface area contributed by atoms with E-state index < -0.39 is 0 Å². The molecule has 3 heteroatoms. The molecule has 92 valence electrons. The van der Waals surface area contributed by atoms with E-state index in [1.54, 1.807) is 0 Å². The van der Waals surface area contributed by atoms with Gasteiger partial charge in [0, 0.05) is 23.6 Å². The SMILES string of the molecule is Cc1ccc(N(CCC#N)C(C)C)c(CBr)c1. The van der Waals surface area contributed by atoms with Crippen molar-refractivity contribution in [3.05, 3.63) is 29.3 Å². The number of benzene rings is 1. The summed E-state index contributed by atoms with van der Waals surface area (Å²) in [6.07, 6.45) is 0.563. The van der Waals surface area contributed by atoms with Crippen LogP contribution in [0.15, 0.2) is 18.2 Å². The van der Waals surface area contributed by atoms with Gasteiger partial charge in [0.2, 0.25) is 0 Å². The molecule has 0 unspecified atom stereocenters. The summed E-state index contributed by atoms with van der Waals surface area (Å²) in [5.74, 6) is 0. The van der Waals surface area contributed by atoms with E-state index in [-0.39, 0.29) is 0 Å². The van der Waals surface area contributed by atoms with E-state index >= 15 is 0 Å². The van der Waals surface area contributed by atoms with Crippen molar-refractivity contribution in [1.82, 2.24) is 0 Å². The molecule has 0 aliphatic carbocycles. The molecule has 0 atom stereocenters. The molecule has 0 aromatic heterocycles. The summed E-state index contributed by atoms with van der Waals surface area (Å²) in [5, 5.41) is 9.58. The van der Waals surface area contributed by atoms with Gasteiger partial charge in [0.25, 0.3) is 0 Å². The van der Waals surface area contributed by atoms with E-state index in [2.05, 4.69) is 65.9 Å². The number of anilines is 1. The number of nitriles is 1. The van der Waals surface area contributed by atoms with Crippen molar-refractivity contribution in [2.45, 2.75) is 38.6 Å². The molecule has 1 aromatic carbocycles. The minimum Gasteiger partial charge on any atom is -0.368 e. The van der Waals surface area contributed by atoms with Gasteiger partial charge in [-0.05, 0) is 32.4 Å². The summed E-state index contributed by atoms with van der Waals surface area (Å²) >= 11 is 3.54. The molecule has 0 bridgehead atoms. The van der Waals surface area contributed by atoms with Crippen molar-refractivity contribution < 1.29 is 0 Å². The van der Waals surface area contributed by atoms with Crippen LogP contribution in [0.5, 0.6) is 0 Å². The lowest BCUT2D eigenvalue weighted by atomic mass is 10.1. The van der Waals surface area contributed by atoms with E-state index in [0.29, 0.717) is 12.5 Å². The highest BCUT2D eigenvalue weighted by Gasteiger charge is 2.13. The molecule has 1 rings (SSSR count). The Labute approximate surface area is 112 Å². The summed E-state index contributed by atoms with van der Waals surface area (Å²) < 4.78 is 0. The Morgan fingerprint density at radius 3 is 2.65 bits per heavy atom. The lowest BCUT2D eigenvalue weighted by Gasteiger charge is -2.30. The third-order valence-electron chi connectivity index (χ3n) is 2.78. The maximum atomic E-state index is 8.73. The molecule has 0 aliphatic heterocycles. The van der Waals surface area contributed by atoms with E-state index in [1.807, 2.05) is 0 Å². The monoisotopic (exact) mass is 294 g/mol. The van der Waals surface area contributed by atoms with Crippen LogP contribution in [0.1, 0.15) is 31.4 Å². The van der Waals surface area contributed by atoms with E-state index in [0.717, 1.165) is 11.9 Å². The van der Waals surface area contributed by atoms with Crippen LogP contribution in [0.4, 0.5) is 5.69 Å². The zero-order valence-corrected chi connectivity index (χ0v) is 12.3. The van der Waals surface area contributed by atoms with Crippen LogP contribution in [-0.2, 0) is 5.33 Å². The molecule has 0 radical (unpaired) electrons. The van der Waals surface area contributed by atoms with E-state index in [4.69, 9.17) is 5.26 Å². The predicted octanol–water partition coefficient (Wildman–Crippen LogP) is 4.02. The standard InChI is InChI=1S/C14H19BrN2/c1-11(2)17(8-4-7-16)14-6-5-12(3)9-13(14)10-15/h5-6,9,11H,4,8,10H2,1-3H3.